The molecular formula is C22H24N4O4S2. The van der Waals surface area contributed by atoms with E-state index in [1.165, 1.54) is 11.8 Å². The number of aryl methyl sites for hydroxylation is 2. The summed E-state index contributed by atoms with van der Waals surface area (Å²) in [6.07, 6.45) is 0. The molecule has 0 spiro atoms. The molecule has 0 atom stereocenters. The Morgan fingerprint density at radius 2 is 1.97 bits per heavy atom. The second-order valence-corrected chi connectivity index (χ2v) is 9.64. The summed E-state index contributed by atoms with van der Waals surface area (Å²) in [5, 5.41) is 5.44. The number of fused-ring (bicyclic) bond motifs is 1. The molecule has 0 aliphatic heterocycles. The van der Waals surface area contributed by atoms with Crippen LogP contribution in [-0.2, 0) is 5.75 Å². The molecule has 3 heterocycles. The Bertz CT molecular complexity index is 1340. The molecular weight excluding hydrogens is 448 g/mol. The SMILES string of the molecule is COc1ccc(-c2noc(CSc3nc4sc(C)c(C)c4c(=O)n3C(C)C)n2)c(OC)c1. The van der Waals surface area contributed by atoms with E-state index in [0.717, 1.165) is 15.3 Å². The lowest BCUT2D eigenvalue weighted by atomic mass is 10.2. The first-order valence-electron chi connectivity index (χ1n) is 10.0. The summed E-state index contributed by atoms with van der Waals surface area (Å²) in [5.41, 5.74) is 1.70. The second kappa shape index (κ2) is 8.95. The number of benzene rings is 1. The number of hydrogen-bond donors (Lipinski definition) is 0. The van der Waals surface area contributed by atoms with Crippen LogP contribution in [0.1, 0.15) is 36.2 Å². The van der Waals surface area contributed by atoms with Gasteiger partial charge in [-0.2, -0.15) is 4.98 Å². The smallest absolute Gasteiger partial charge is 0.263 e. The average Bonchev–Trinajstić information content (AvgIpc) is 3.35. The molecule has 10 heteroatoms. The van der Waals surface area contributed by atoms with Crippen molar-refractivity contribution in [3.8, 4) is 22.9 Å². The van der Waals surface area contributed by atoms with E-state index in [1.54, 1.807) is 36.2 Å². The van der Waals surface area contributed by atoms with Gasteiger partial charge >= 0.3 is 0 Å². The Kier molecular flexibility index (Phi) is 6.25. The second-order valence-electron chi connectivity index (χ2n) is 7.49. The third kappa shape index (κ3) is 4.00. The molecule has 0 saturated carbocycles. The van der Waals surface area contributed by atoms with Crippen molar-refractivity contribution in [1.29, 1.82) is 0 Å². The molecule has 0 amide bonds. The van der Waals surface area contributed by atoms with E-state index in [4.69, 9.17) is 19.0 Å². The molecule has 0 radical (unpaired) electrons. The van der Waals surface area contributed by atoms with Crippen molar-refractivity contribution in [2.45, 2.75) is 44.6 Å². The maximum atomic E-state index is 13.2. The topological polar surface area (TPSA) is 92.3 Å². The molecule has 0 aliphatic rings. The highest BCUT2D eigenvalue weighted by Gasteiger charge is 2.20. The third-order valence-electron chi connectivity index (χ3n) is 5.16. The van der Waals surface area contributed by atoms with Gasteiger partial charge in [-0.25, -0.2) is 4.98 Å². The van der Waals surface area contributed by atoms with E-state index in [0.29, 0.717) is 45.1 Å². The Morgan fingerprint density at radius 3 is 2.66 bits per heavy atom. The summed E-state index contributed by atoms with van der Waals surface area (Å²) in [6, 6.07) is 5.38. The molecule has 0 N–H and O–H groups in total. The number of methoxy groups -OCH3 is 2. The lowest BCUT2D eigenvalue weighted by molar-refractivity contribution is 0.388. The van der Waals surface area contributed by atoms with Crippen molar-refractivity contribution in [1.82, 2.24) is 19.7 Å². The predicted molar refractivity (Wildman–Crippen MR) is 126 cm³/mol. The minimum Gasteiger partial charge on any atom is -0.497 e. The first kappa shape index (κ1) is 22.3. The van der Waals surface area contributed by atoms with Crippen LogP contribution in [0.25, 0.3) is 21.6 Å². The highest BCUT2D eigenvalue weighted by Crippen LogP contribution is 2.33. The zero-order valence-corrected chi connectivity index (χ0v) is 20.4. The average molecular weight is 473 g/mol. The molecule has 1 aromatic carbocycles. The molecule has 4 rings (SSSR count). The number of thiophene rings is 1. The van der Waals surface area contributed by atoms with Gasteiger partial charge < -0.3 is 14.0 Å². The van der Waals surface area contributed by atoms with Crippen LogP contribution in [0, 0.1) is 13.8 Å². The summed E-state index contributed by atoms with van der Waals surface area (Å²) in [4.78, 5) is 24.4. The Hall–Kier alpha value is -2.85. The fourth-order valence-corrected chi connectivity index (χ4v) is 5.41. The lowest BCUT2D eigenvalue weighted by Gasteiger charge is -2.14. The number of rotatable bonds is 7. The van der Waals surface area contributed by atoms with E-state index in [9.17, 15) is 4.79 Å². The number of nitrogens with zero attached hydrogens (tertiary/aromatic N) is 4. The highest BCUT2D eigenvalue weighted by atomic mass is 32.2. The maximum Gasteiger partial charge on any atom is 0.263 e. The van der Waals surface area contributed by atoms with Gasteiger partial charge in [-0.05, 0) is 45.4 Å². The van der Waals surface area contributed by atoms with Crippen LogP contribution in [-0.4, -0.2) is 33.9 Å². The van der Waals surface area contributed by atoms with Gasteiger partial charge in [-0.3, -0.25) is 9.36 Å². The van der Waals surface area contributed by atoms with Crippen molar-refractivity contribution < 1.29 is 14.0 Å². The van der Waals surface area contributed by atoms with E-state index < -0.39 is 0 Å². The Balaban J connectivity index is 1.63. The van der Waals surface area contributed by atoms with Gasteiger partial charge in [0.15, 0.2) is 5.16 Å². The molecule has 3 aromatic heterocycles. The largest absolute Gasteiger partial charge is 0.497 e. The molecule has 0 bridgehead atoms. The molecule has 0 unspecified atom stereocenters. The van der Waals surface area contributed by atoms with E-state index in [1.807, 2.05) is 39.8 Å². The predicted octanol–water partition coefficient (Wildman–Crippen LogP) is 5.02. The van der Waals surface area contributed by atoms with Crippen LogP contribution < -0.4 is 15.0 Å². The minimum atomic E-state index is -0.0247. The van der Waals surface area contributed by atoms with Crippen molar-refractivity contribution in [3.05, 3.63) is 44.9 Å². The van der Waals surface area contributed by atoms with Crippen molar-refractivity contribution >= 4 is 33.3 Å². The molecule has 168 valence electrons. The molecule has 0 aliphatic carbocycles. The number of thioether (sulfide) groups is 1. The summed E-state index contributed by atoms with van der Waals surface area (Å²) < 4.78 is 17.9. The summed E-state index contributed by atoms with van der Waals surface area (Å²) in [6.45, 7) is 7.95. The summed E-state index contributed by atoms with van der Waals surface area (Å²) >= 11 is 2.95. The summed E-state index contributed by atoms with van der Waals surface area (Å²) in [5.74, 6) is 2.52. The van der Waals surface area contributed by atoms with Crippen LogP contribution in [0.4, 0.5) is 0 Å². The number of hydrogen-bond acceptors (Lipinski definition) is 9. The normalized spacial score (nSPS) is 11.5. The minimum absolute atomic E-state index is 0.0106. The Labute approximate surface area is 193 Å². The first-order valence-corrected chi connectivity index (χ1v) is 11.8. The Morgan fingerprint density at radius 1 is 1.19 bits per heavy atom. The van der Waals surface area contributed by atoms with Gasteiger partial charge in [0.05, 0.1) is 30.9 Å². The number of ether oxygens (including phenoxy) is 2. The monoisotopic (exact) mass is 472 g/mol. The van der Waals surface area contributed by atoms with Crippen molar-refractivity contribution in [2.24, 2.45) is 0 Å². The maximum absolute atomic E-state index is 13.2. The van der Waals surface area contributed by atoms with Crippen LogP contribution >= 0.6 is 23.1 Å². The molecule has 32 heavy (non-hydrogen) atoms. The van der Waals surface area contributed by atoms with Gasteiger partial charge in [-0.15, -0.1) is 11.3 Å². The van der Waals surface area contributed by atoms with Gasteiger partial charge in [0.1, 0.15) is 16.3 Å². The van der Waals surface area contributed by atoms with Crippen LogP contribution in [0.15, 0.2) is 32.7 Å². The van der Waals surface area contributed by atoms with Crippen LogP contribution in [0.3, 0.4) is 0 Å². The van der Waals surface area contributed by atoms with Gasteiger partial charge in [-0.1, -0.05) is 16.9 Å². The number of aromatic nitrogens is 4. The fraction of sp³-hybridized carbons (Fsp3) is 0.364. The van der Waals surface area contributed by atoms with Crippen LogP contribution in [0.2, 0.25) is 0 Å². The van der Waals surface area contributed by atoms with E-state index in [2.05, 4.69) is 10.1 Å². The highest BCUT2D eigenvalue weighted by molar-refractivity contribution is 7.98. The zero-order chi connectivity index (χ0) is 23.0. The van der Waals surface area contributed by atoms with Crippen LogP contribution in [0.5, 0.6) is 11.5 Å². The zero-order valence-electron chi connectivity index (χ0n) is 18.8. The van der Waals surface area contributed by atoms with Crippen molar-refractivity contribution in [3.63, 3.8) is 0 Å². The lowest BCUT2D eigenvalue weighted by Crippen LogP contribution is -2.24. The van der Waals surface area contributed by atoms with Gasteiger partial charge in [0.25, 0.3) is 5.56 Å². The first-order chi connectivity index (χ1) is 15.3. The summed E-state index contributed by atoms with van der Waals surface area (Å²) in [7, 11) is 3.18. The fourth-order valence-electron chi connectivity index (χ4n) is 3.38. The molecule has 8 nitrogen and oxygen atoms in total. The van der Waals surface area contributed by atoms with E-state index in [-0.39, 0.29) is 11.6 Å². The molecule has 0 fully saturated rings. The van der Waals surface area contributed by atoms with Gasteiger partial charge in [0, 0.05) is 17.0 Å². The quantitative estimate of drug-likeness (QED) is 0.274. The third-order valence-corrected chi connectivity index (χ3v) is 7.20. The molecule has 0 saturated heterocycles. The standard InChI is InChI=1S/C22H24N4O4S2/c1-11(2)26-21(27)18-12(3)13(4)32-20(18)24-22(26)31-10-17-23-19(25-30-17)15-8-7-14(28-5)9-16(15)29-6/h7-9,11H,10H2,1-6H3. The van der Waals surface area contributed by atoms with Crippen molar-refractivity contribution in [2.75, 3.05) is 14.2 Å². The van der Waals surface area contributed by atoms with E-state index >= 15 is 0 Å². The molecule has 4 aromatic rings. The van der Waals surface area contributed by atoms with Gasteiger partial charge in [0.2, 0.25) is 11.7 Å².